The molecule has 2 heterocycles. The van der Waals surface area contributed by atoms with Crippen LogP contribution in [-0.2, 0) is 16.0 Å². The zero-order valence-corrected chi connectivity index (χ0v) is 15.3. The van der Waals surface area contributed by atoms with E-state index >= 15 is 0 Å². The summed E-state index contributed by atoms with van der Waals surface area (Å²) in [5.74, 6) is 0.658. The molecule has 1 aromatic rings. The molecule has 3 amide bonds. The molecule has 2 fully saturated rings. The highest BCUT2D eigenvalue weighted by Crippen LogP contribution is 2.22. The van der Waals surface area contributed by atoms with Crippen LogP contribution in [0.5, 0.6) is 5.75 Å². The number of carbonyl (C=O) groups is 3. The molecule has 3 rings (SSSR count). The summed E-state index contributed by atoms with van der Waals surface area (Å²) < 4.78 is 5.31. The fourth-order valence-corrected chi connectivity index (χ4v) is 3.52. The zero-order valence-electron chi connectivity index (χ0n) is 15.3. The van der Waals surface area contributed by atoms with Crippen LogP contribution in [0.15, 0.2) is 18.2 Å². The molecule has 0 radical (unpaired) electrons. The van der Waals surface area contributed by atoms with E-state index in [0.29, 0.717) is 44.6 Å². The average molecular weight is 359 g/mol. The van der Waals surface area contributed by atoms with Crippen molar-refractivity contribution >= 4 is 17.7 Å². The molecule has 7 nitrogen and oxygen atoms in total. The number of methoxy groups -OCH3 is 1. The van der Waals surface area contributed by atoms with Crippen molar-refractivity contribution in [1.29, 1.82) is 0 Å². The Balaban J connectivity index is 1.60. The van der Waals surface area contributed by atoms with Gasteiger partial charge in [-0.1, -0.05) is 6.92 Å². The van der Waals surface area contributed by atoms with Gasteiger partial charge in [0.1, 0.15) is 11.8 Å². The Morgan fingerprint density at radius 1 is 1.19 bits per heavy atom. The maximum atomic E-state index is 12.8. The third-order valence-corrected chi connectivity index (χ3v) is 5.08. The van der Waals surface area contributed by atoms with E-state index in [0.717, 1.165) is 17.7 Å². The van der Waals surface area contributed by atoms with Crippen LogP contribution < -0.4 is 10.1 Å². The number of ether oxygens (including phenoxy) is 1. The Labute approximate surface area is 153 Å². The van der Waals surface area contributed by atoms with Crippen LogP contribution in [0.2, 0.25) is 0 Å². The number of nitrogens with one attached hydrogen (secondary N) is 1. The van der Waals surface area contributed by atoms with Crippen LogP contribution in [-0.4, -0.2) is 66.9 Å². The molecule has 7 heteroatoms. The van der Waals surface area contributed by atoms with Crippen LogP contribution in [0.4, 0.5) is 0 Å². The average Bonchev–Trinajstić information content (AvgIpc) is 3.12. The van der Waals surface area contributed by atoms with Crippen molar-refractivity contribution < 1.29 is 19.1 Å². The van der Waals surface area contributed by atoms with Crippen LogP contribution >= 0.6 is 0 Å². The van der Waals surface area contributed by atoms with Gasteiger partial charge in [-0.2, -0.15) is 0 Å². The molecule has 0 spiro atoms. The third kappa shape index (κ3) is 3.66. The number of piperazine rings is 1. The second-order valence-electron chi connectivity index (χ2n) is 6.66. The number of nitrogens with zero attached hydrogens (tertiary/aromatic N) is 2. The minimum atomic E-state index is -0.404. The van der Waals surface area contributed by atoms with E-state index in [1.54, 1.807) is 23.0 Å². The molecular formula is C19H25N3O4. The van der Waals surface area contributed by atoms with E-state index < -0.39 is 6.04 Å². The Hall–Kier alpha value is -2.57. The van der Waals surface area contributed by atoms with Crippen molar-refractivity contribution in [2.75, 3.05) is 33.3 Å². The summed E-state index contributed by atoms with van der Waals surface area (Å²) in [4.78, 5) is 40.0. The van der Waals surface area contributed by atoms with Crippen LogP contribution in [0.3, 0.4) is 0 Å². The highest BCUT2D eigenvalue weighted by molar-refractivity contribution is 5.95. The number of rotatable bonds is 4. The smallest absolute Gasteiger partial charge is 0.253 e. The Morgan fingerprint density at radius 3 is 2.46 bits per heavy atom. The number of carbonyl (C=O) groups excluding carboxylic acids is 3. The summed E-state index contributed by atoms with van der Waals surface area (Å²) >= 11 is 0. The van der Waals surface area contributed by atoms with E-state index in [9.17, 15) is 14.4 Å². The number of aryl methyl sites for hydroxylation is 1. The number of benzene rings is 1. The lowest BCUT2D eigenvalue weighted by Gasteiger charge is -2.36. The molecule has 1 N–H and O–H groups in total. The first-order valence-electron chi connectivity index (χ1n) is 9.07. The van der Waals surface area contributed by atoms with Crippen molar-refractivity contribution in [2.45, 2.75) is 32.2 Å². The SMILES string of the molecule is CCc1cc(C(=O)N2CCN(C(=O)C3CCC(=O)N3)CC2)ccc1OC. The molecule has 0 aromatic heterocycles. The molecule has 0 aliphatic carbocycles. The van der Waals surface area contributed by atoms with Gasteiger partial charge in [-0.05, 0) is 36.6 Å². The lowest BCUT2D eigenvalue weighted by molar-refractivity contribution is -0.135. The molecule has 0 bridgehead atoms. The van der Waals surface area contributed by atoms with Gasteiger partial charge in [-0.15, -0.1) is 0 Å². The first-order chi connectivity index (χ1) is 12.5. The topological polar surface area (TPSA) is 79.0 Å². The molecule has 1 unspecified atom stereocenters. The van der Waals surface area contributed by atoms with Crippen molar-refractivity contribution in [1.82, 2.24) is 15.1 Å². The van der Waals surface area contributed by atoms with Crippen molar-refractivity contribution in [3.05, 3.63) is 29.3 Å². The first-order valence-corrected chi connectivity index (χ1v) is 9.07. The fourth-order valence-electron chi connectivity index (χ4n) is 3.52. The Morgan fingerprint density at radius 2 is 1.88 bits per heavy atom. The molecule has 140 valence electrons. The molecule has 0 saturated carbocycles. The predicted molar refractivity (Wildman–Crippen MR) is 96.0 cm³/mol. The van der Waals surface area contributed by atoms with E-state index in [4.69, 9.17) is 4.74 Å². The molecule has 1 aromatic carbocycles. The summed E-state index contributed by atoms with van der Waals surface area (Å²) in [6.45, 7) is 4.01. The van der Waals surface area contributed by atoms with Gasteiger partial charge in [0.05, 0.1) is 7.11 Å². The van der Waals surface area contributed by atoms with E-state index in [1.807, 2.05) is 19.1 Å². The highest BCUT2D eigenvalue weighted by atomic mass is 16.5. The van der Waals surface area contributed by atoms with Crippen LogP contribution in [0, 0.1) is 0 Å². The lowest BCUT2D eigenvalue weighted by atomic mass is 10.1. The number of amides is 3. The van der Waals surface area contributed by atoms with Gasteiger partial charge in [0, 0.05) is 38.2 Å². The van der Waals surface area contributed by atoms with E-state index in [-0.39, 0.29) is 17.7 Å². The molecular weight excluding hydrogens is 334 g/mol. The van der Waals surface area contributed by atoms with Gasteiger partial charge < -0.3 is 19.9 Å². The summed E-state index contributed by atoms with van der Waals surface area (Å²) in [7, 11) is 1.62. The van der Waals surface area contributed by atoms with Crippen LogP contribution in [0.25, 0.3) is 0 Å². The van der Waals surface area contributed by atoms with Gasteiger partial charge in [-0.3, -0.25) is 14.4 Å². The first kappa shape index (κ1) is 18.2. The summed E-state index contributed by atoms with van der Waals surface area (Å²) in [6, 6.07) is 5.09. The maximum Gasteiger partial charge on any atom is 0.253 e. The predicted octanol–water partition coefficient (Wildman–Crippen LogP) is 0.821. The summed E-state index contributed by atoms with van der Waals surface area (Å²) in [5, 5.41) is 2.71. The van der Waals surface area contributed by atoms with E-state index in [1.165, 1.54) is 0 Å². The third-order valence-electron chi connectivity index (χ3n) is 5.08. The monoisotopic (exact) mass is 359 g/mol. The summed E-state index contributed by atoms with van der Waals surface area (Å²) in [6.07, 6.45) is 1.76. The largest absolute Gasteiger partial charge is 0.496 e. The normalized spacial score (nSPS) is 20.1. The lowest BCUT2D eigenvalue weighted by Crippen LogP contribution is -2.54. The summed E-state index contributed by atoms with van der Waals surface area (Å²) in [5.41, 5.74) is 1.65. The Kier molecular flexibility index (Phi) is 5.44. The Bertz CT molecular complexity index is 711. The van der Waals surface area contributed by atoms with Gasteiger partial charge in [-0.25, -0.2) is 0 Å². The molecule has 2 aliphatic heterocycles. The van der Waals surface area contributed by atoms with Crippen LogP contribution in [0.1, 0.15) is 35.7 Å². The van der Waals surface area contributed by atoms with Crippen molar-refractivity contribution in [3.8, 4) is 5.75 Å². The van der Waals surface area contributed by atoms with Crippen molar-refractivity contribution in [3.63, 3.8) is 0 Å². The second-order valence-corrected chi connectivity index (χ2v) is 6.66. The van der Waals surface area contributed by atoms with Gasteiger partial charge in [0.25, 0.3) is 5.91 Å². The van der Waals surface area contributed by atoms with Crippen molar-refractivity contribution in [2.24, 2.45) is 0 Å². The molecule has 2 saturated heterocycles. The number of hydrogen-bond acceptors (Lipinski definition) is 4. The van der Waals surface area contributed by atoms with Gasteiger partial charge >= 0.3 is 0 Å². The highest BCUT2D eigenvalue weighted by Gasteiger charge is 2.33. The zero-order chi connectivity index (χ0) is 18.7. The molecule has 26 heavy (non-hydrogen) atoms. The van der Waals surface area contributed by atoms with Gasteiger partial charge in [0.15, 0.2) is 0 Å². The number of hydrogen-bond donors (Lipinski definition) is 1. The maximum absolute atomic E-state index is 12.8. The minimum Gasteiger partial charge on any atom is -0.496 e. The second kappa shape index (κ2) is 7.76. The molecule has 1 atom stereocenters. The van der Waals surface area contributed by atoms with Gasteiger partial charge in [0.2, 0.25) is 11.8 Å². The fraction of sp³-hybridized carbons (Fsp3) is 0.526. The van der Waals surface area contributed by atoms with E-state index in [2.05, 4.69) is 5.32 Å². The standard InChI is InChI=1S/C19H25N3O4/c1-3-13-12-14(4-6-16(13)26-2)18(24)21-8-10-22(11-9-21)19(25)15-5-7-17(23)20-15/h4,6,12,15H,3,5,7-11H2,1-2H3,(H,20,23). The quantitative estimate of drug-likeness (QED) is 0.863. The minimum absolute atomic E-state index is 0.0244. The molecule has 2 aliphatic rings.